The minimum Gasteiger partial charge on any atom is -0.491 e. The van der Waals surface area contributed by atoms with E-state index in [9.17, 15) is 9.59 Å². The van der Waals surface area contributed by atoms with E-state index < -0.39 is 0 Å². The van der Waals surface area contributed by atoms with Crippen LogP contribution in [0.2, 0.25) is 0 Å². The molecule has 0 bridgehead atoms. The summed E-state index contributed by atoms with van der Waals surface area (Å²) in [6.45, 7) is 2.30. The Morgan fingerprint density at radius 3 is 2.63 bits per heavy atom. The first kappa shape index (κ1) is 13.1. The molecule has 0 N–H and O–H groups in total. The molecule has 0 saturated heterocycles. The van der Waals surface area contributed by atoms with Gasteiger partial charge in [-0.05, 0) is 19.1 Å². The topological polar surface area (TPSA) is 53.2 Å². The lowest BCUT2D eigenvalue weighted by Gasteiger charge is -2.09. The lowest BCUT2D eigenvalue weighted by atomic mass is 10.1. The van der Waals surface area contributed by atoms with Crippen LogP contribution in [0.15, 0.2) is 41.5 Å². The maximum absolute atomic E-state index is 11.6. The highest BCUT2D eigenvalue weighted by atomic mass is 16.5. The molecule has 5 heteroatoms. The third-order valence-electron chi connectivity index (χ3n) is 2.87. The van der Waals surface area contributed by atoms with Gasteiger partial charge in [0, 0.05) is 19.4 Å². The fourth-order valence-corrected chi connectivity index (χ4v) is 1.82. The number of rotatable bonds is 5. The second-order valence-electron chi connectivity index (χ2n) is 4.29. The first-order valence-corrected chi connectivity index (χ1v) is 6.04. The van der Waals surface area contributed by atoms with E-state index in [1.165, 1.54) is 11.5 Å². The minimum atomic E-state index is -0.0801. The molecule has 1 aromatic carbocycles. The Labute approximate surface area is 111 Å². The first-order valence-electron chi connectivity index (χ1n) is 6.04. The molecule has 0 atom stereocenters. The average Bonchev–Trinajstić information content (AvgIpc) is 2.71. The molecule has 0 aliphatic rings. The number of benzene rings is 1. The van der Waals surface area contributed by atoms with Gasteiger partial charge in [-0.15, -0.1) is 0 Å². The van der Waals surface area contributed by atoms with Crippen molar-refractivity contribution in [3.8, 4) is 5.75 Å². The van der Waals surface area contributed by atoms with Crippen LogP contribution in [-0.4, -0.2) is 21.5 Å². The van der Waals surface area contributed by atoms with Crippen LogP contribution in [0.4, 0.5) is 0 Å². The monoisotopic (exact) mass is 260 g/mol. The zero-order valence-electron chi connectivity index (χ0n) is 11.0. The van der Waals surface area contributed by atoms with Crippen molar-refractivity contribution in [1.82, 2.24) is 9.13 Å². The van der Waals surface area contributed by atoms with E-state index in [0.29, 0.717) is 24.5 Å². The number of imidazole rings is 1. The maximum atomic E-state index is 11.6. The van der Waals surface area contributed by atoms with E-state index in [1.54, 1.807) is 42.2 Å². The quantitative estimate of drug-likeness (QED) is 0.765. The Balaban J connectivity index is 2.02. The van der Waals surface area contributed by atoms with Gasteiger partial charge in [-0.1, -0.05) is 12.1 Å². The Morgan fingerprint density at radius 1 is 1.26 bits per heavy atom. The Bertz CT molecular complexity index is 640. The molecule has 19 heavy (non-hydrogen) atoms. The number of aryl methyl sites for hydroxylation is 1. The van der Waals surface area contributed by atoms with Crippen molar-refractivity contribution in [2.75, 3.05) is 6.61 Å². The molecule has 0 unspecified atom stereocenters. The molecular weight excluding hydrogens is 244 g/mol. The van der Waals surface area contributed by atoms with Crippen LogP contribution >= 0.6 is 0 Å². The summed E-state index contributed by atoms with van der Waals surface area (Å²) in [5.74, 6) is 0.520. The summed E-state index contributed by atoms with van der Waals surface area (Å²) >= 11 is 0. The summed E-state index contributed by atoms with van der Waals surface area (Å²) in [6.07, 6.45) is 3.41. The number of ether oxygens (including phenoxy) is 1. The fourth-order valence-electron chi connectivity index (χ4n) is 1.82. The van der Waals surface area contributed by atoms with Gasteiger partial charge >= 0.3 is 5.69 Å². The van der Waals surface area contributed by atoms with Gasteiger partial charge in [0.1, 0.15) is 12.4 Å². The largest absolute Gasteiger partial charge is 0.491 e. The molecule has 0 aliphatic carbocycles. The number of aromatic nitrogens is 2. The van der Waals surface area contributed by atoms with Crippen molar-refractivity contribution < 1.29 is 9.53 Å². The number of hydrogen-bond acceptors (Lipinski definition) is 3. The number of nitrogens with zero attached hydrogens (tertiary/aromatic N) is 2. The molecule has 2 rings (SSSR count). The third-order valence-corrected chi connectivity index (χ3v) is 2.87. The van der Waals surface area contributed by atoms with Gasteiger partial charge in [0.25, 0.3) is 0 Å². The number of carbonyl (C=O) groups excluding carboxylic acids is 1. The average molecular weight is 260 g/mol. The molecule has 5 nitrogen and oxygen atoms in total. The summed E-state index contributed by atoms with van der Waals surface area (Å²) in [6, 6.07) is 7.10. The van der Waals surface area contributed by atoms with Gasteiger partial charge < -0.3 is 9.30 Å². The number of carbonyl (C=O) groups is 1. The number of para-hydroxylation sites is 1. The second-order valence-corrected chi connectivity index (χ2v) is 4.29. The van der Waals surface area contributed by atoms with Crippen LogP contribution < -0.4 is 10.4 Å². The Morgan fingerprint density at radius 2 is 2.00 bits per heavy atom. The van der Waals surface area contributed by atoms with Gasteiger partial charge in [-0.3, -0.25) is 9.36 Å². The van der Waals surface area contributed by atoms with E-state index in [-0.39, 0.29) is 11.5 Å². The lowest BCUT2D eigenvalue weighted by molar-refractivity contribution is 0.101. The Hall–Kier alpha value is -2.30. The van der Waals surface area contributed by atoms with Gasteiger partial charge in [-0.2, -0.15) is 0 Å². The molecule has 1 aromatic heterocycles. The standard InChI is InChI=1S/C14H16N2O3/c1-11(17)12-5-3-4-6-13(12)19-10-9-16-8-7-15(2)14(16)18/h3-8H,9-10H2,1-2H3. The van der Waals surface area contributed by atoms with Gasteiger partial charge in [0.15, 0.2) is 5.78 Å². The van der Waals surface area contributed by atoms with Crippen LogP contribution in [0, 0.1) is 0 Å². The van der Waals surface area contributed by atoms with Crippen molar-refractivity contribution >= 4 is 5.78 Å². The minimum absolute atomic E-state index is 0.0347. The van der Waals surface area contributed by atoms with Crippen LogP contribution in [0.5, 0.6) is 5.75 Å². The summed E-state index contributed by atoms with van der Waals surface area (Å²) in [7, 11) is 1.70. The fraction of sp³-hybridized carbons (Fsp3) is 0.286. The molecular formula is C14H16N2O3. The van der Waals surface area contributed by atoms with Crippen molar-refractivity contribution in [3.63, 3.8) is 0 Å². The van der Waals surface area contributed by atoms with Crippen LogP contribution in [0.3, 0.4) is 0 Å². The third kappa shape index (κ3) is 2.93. The molecule has 0 fully saturated rings. The van der Waals surface area contributed by atoms with E-state index in [4.69, 9.17) is 4.74 Å². The maximum Gasteiger partial charge on any atom is 0.327 e. The molecule has 0 amide bonds. The van der Waals surface area contributed by atoms with E-state index in [0.717, 1.165) is 0 Å². The van der Waals surface area contributed by atoms with E-state index in [1.807, 2.05) is 6.07 Å². The molecule has 1 heterocycles. The number of hydrogen-bond donors (Lipinski definition) is 0. The zero-order chi connectivity index (χ0) is 13.8. The Kier molecular flexibility index (Phi) is 3.85. The molecule has 100 valence electrons. The predicted octanol–water partition coefficient (Wildman–Crippen LogP) is 1.47. The molecule has 2 aromatic rings. The summed E-state index contributed by atoms with van der Waals surface area (Å²) in [5, 5.41) is 0. The second kappa shape index (κ2) is 5.56. The summed E-state index contributed by atoms with van der Waals surface area (Å²) in [5.41, 5.74) is 0.478. The lowest BCUT2D eigenvalue weighted by Crippen LogP contribution is -2.24. The molecule has 0 spiro atoms. The number of Topliss-reactive ketones (excluding diaryl/α,β-unsaturated/α-hetero) is 1. The van der Waals surface area contributed by atoms with Crippen molar-refractivity contribution in [1.29, 1.82) is 0 Å². The predicted molar refractivity (Wildman–Crippen MR) is 71.6 cm³/mol. The van der Waals surface area contributed by atoms with Crippen LogP contribution in [-0.2, 0) is 13.6 Å². The van der Waals surface area contributed by atoms with Crippen molar-refractivity contribution in [2.24, 2.45) is 7.05 Å². The summed E-state index contributed by atoms with van der Waals surface area (Å²) in [4.78, 5) is 23.0. The number of ketones is 1. The molecule has 0 aliphatic heterocycles. The van der Waals surface area contributed by atoms with Crippen LogP contribution in [0.1, 0.15) is 17.3 Å². The SMILES string of the molecule is CC(=O)c1ccccc1OCCn1ccn(C)c1=O. The van der Waals surface area contributed by atoms with Gasteiger partial charge in [-0.25, -0.2) is 4.79 Å². The normalized spacial score (nSPS) is 10.4. The first-order chi connectivity index (χ1) is 9.09. The highest BCUT2D eigenvalue weighted by molar-refractivity contribution is 5.96. The zero-order valence-corrected chi connectivity index (χ0v) is 11.0. The van der Waals surface area contributed by atoms with Gasteiger partial charge in [0.05, 0.1) is 12.1 Å². The van der Waals surface area contributed by atoms with E-state index >= 15 is 0 Å². The van der Waals surface area contributed by atoms with E-state index in [2.05, 4.69) is 0 Å². The summed E-state index contributed by atoms with van der Waals surface area (Å²) < 4.78 is 8.65. The van der Waals surface area contributed by atoms with Crippen molar-refractivity contribution in [2.45, 2.75) is 13.5 Å². The highest BCUT2D eigenvalue weighted by Crippen LogP contribution is 2.18. The smallest absolute Gasteiger partial charge is 0.327 e. The molecule has 0 saturated carbocycles. The molecule has 0 radical (unpaired) electrons. The van der Waals surface area contributed by atoms with Gasteiger partial charge in [0.2, 0.25) is 0 Å². The van der Waals surface area contributed by atoms with Crippen LogP contribution in [0.25, 0.3) is 0 Å². The highest BCUT2D eigenvalue weighted by Gasteiger charge is 2.07. The van der Waals surface area contributed by atoms with Crippen molar-refractivity contribution in [3.05, 3.63) is 52.7 Å².